The van der Waals surface area contributed by atoms with Crippen molar-refractivity contribution in [2.75, 3.05) is 0 Å². The second kappa shape index (κ2) is 4.59. The Bertz CT molecular complexity index is 521. The molecule has 1 unspecified atom stereocenters. The van der Waals surface area contributed by atoms with Gasteiger partial charge >= 0.3 is 0 Å². The molecular formula is C13H14FN3. The van der Waals surface area contributed by atoms with E-state index in [1.165, 1.54) is 6.07 Å². The van der Waals surface area contributed by atoms with Gasteiger partial charge in [-0.3, -0.25) is 0 Å². The predicted molar refractivity (Wildman–Crippen MR) is 64.8 cm³/mol. The summed E-state index contributed by atoms with van der Waals surface area (Å²) in [4.78, 5) is 8.35. The third-order valence-electron chi connectivity index (χ3n) is 2.57. The summed E-state index contributed by atoms with van der Waals surface area (Å²) in [6.07, 6.45) is 3.41. The molecule has 2 N–H and O–H groups in total. The second-order valence-electron chi connectivity index (χ2n) is 4.08. The molecule has 1 heterocycles. The number of rotatable bonds is 2. The molecule has 0 radical (unpaired) electrons. The van der Waals surface area contributed by atoms with Crippen LogP contribution in [0.5, 0.6) is 0 Å². The lowest BCUT2D eigenvalue weighted by molar-refractivity contribution is 0.619. The van der Waals surface area contributed by atoms with Gasteiger partial charge < -0.3 is 5.73 Å². The monoisotopic (exact) mass is 231 g/mol. The summed E-state index contributed by atoms with van der Waals surface area (Å²) in [5, 5.41) is 0. The first-order valence-electron chi connectivity index (χ1n) is 5.42. The lowest BCUT2D eigenvalue weighted by Crippen LogP contribution is -2.09. The van der Waals surface area contributed by atoms with Crippen molar-refractivity contribution in [3.63, 3.8) is 0 Å². The highest BCUT2D eigenvalue weighted by atomic mass is 19.1. The normalized spacial score (nSPS) is 12.5. The third-order valence-corrected chi connectivity index (χ3v) is 2.57. The maximum absolute atomic E-state index is 13.1. The number of halogens is 1. The van der Waals surface area contributed by atoms with E-state index in [2.05, 4.69) is 9.97 Å². The molecule has 4 heteroatoms. The molecule has 0 saturated carbocycles. The van der Waals surface area contributed by atoms with Gasteiger partial charge in [0.25, 0.3) is 0 Å². The zero-order valence-electron chi connectivity index (χ0n) is 9.81. The van der Waals surface area contributed by atoms with E-state index in [4.69, 9.17) is 5.73 Å². The summed E-state index contributed by atoms with van der Waals surface area (Å²) in [6.45, 7) is 3.56. The molecule has 0 amide bonds. The van der Waals surface area contributed by atoms with Crippen molar-refractivity contribution in [2.24, 2.45) is 5.73 Å². The number of hydrogen-bond donors (Lipinski definition) is 1. The Morgan fingerprint density at radius 1 is 1.18 bits per heavy atom. The van der Waals surface area contributed by atoms with E-state index >= 15 is 0 Å². The lowest BCUT2D eigenvalue weighted by Gasteiger charge is -2.06. The molecule has 1 atom stereocenters. The van der Waals surface area contributed by atoms with Crippen LogP contribution in [0.25, 0.3) is 11.1 Å². The van der Waals surface area contributed by atoms with E-state index in [0.29, 0.717) is 11.4 Å². The van der Waals surface area contributed by atoms with Gasteiger partial charge in [0.15, 0.2) is 0 Å². The van der Waals surface area contributed by atoms with Gasteiger partial charge in [-0.15, -0.1) is 0 Å². The van der Waals surface area contributed by atoms with Crippen LogP contribution in [0, 0.1) is 12.7 Å². The Morgan fingerprint density at radius 2 is 1.82 bits per heavy atom. The molecule has 88 valence electrons. The fourth-order valence-electron chi connectivity index (χ4n) is 1.55. The minimum Gasteiger partial charge on any atom is -0.322 e. The summed E-state index contributed by atoms with van der Waals surface area (Å²) < 4.78 is 13.1. The van der Waals surface area contributed by atoms with Gasteiger partial charge in [0.05, 0.1) is 6.04 Å². The first-order chi connectivity index (χ1) is 8.08. The summed E-state index contributed by atoms with van der Waals surface area (Å²) >= 11 is 0. The molecule has 0 bridgehead atoms. The zero-order valence-corrected chi connectivity index (χ0v) is 9.81. The van der Waals surface area contributed by atoms with Crippen molar-refractivity contribution < 1.29 is 4.39 Å². The van der Waals surface area contributed by atoms with Gasteiger partial charge in [0.2, 0.25) is 0 Å². The minimum absolute atomic E-state index is 0.181. The first kappa shape index (κ1) is 11.7. The van der Waals surface area contributed by atoms with Crippen molar-refractivity contribution in [3.05, 3.63) is 47.8 Å². The molecule has 1 aromatic carbocycles. The van der Waals surface area contributed by atoms with Gasteiger partial charge in [0, 0.05) is 18.0 Å². The van der Waals surface area contributed by atoms with Gasteiger partial charge in [-0.05, 0) is 37.1 Å². The fraction of sp³-hybridized carbons (Fsp3) is 0.231. The second-order valence-corrected chi connectivity index (χ2v) is 4.08. The molecule has 3 nitrogen and oxygen atoms in total. The van der Waals surface area contributed by atoms with Crippen molar-refractivity contribution in [2.45, 2.75) is 19.9 Å². The van der Waals surface area contributed by atoms with E-state index < -0.39 is 0 Å². The molecule has 0 spiro atoms. The van der Waals surface area contributed by atoms with Gasteiger partial charge in [0.1, 0.15) is 11.6 Å². The maximum Gasteiger partial charge on any atom is 0.144 e. The van der Waals surface area contributed by atoms with E-state index in [1.807, 2.05) is 6.92 Å². The molecule has 0 aliphatic rings. The van der Waals surface area contributed by atoms with E-state index in [-0.39, 0.29) is 11.9 Å². The molecule has 0 aliphatic heterocycles. The van der Waals surface area contributed by atoms with Crippen molar-refractivity contribution in [1.29, 1.82) is 0 Å². The number of nitrogens with zero attached hydrogens (tertiary/aromatic N) is 2. The highest BCUT2D eigenvalue weighted by molar-refractivity contribution is 5.62. The minimum atomic E-state index is -0.207. The molecule has 0 aliphatic carbocycles. The highest BCUT2D eigenvalue weighted by Crippen LogP contribution is 2.20. The van der Waals surface area contributed by atoms with Crippen molar-refractivity contribution in [1.82, 2.24) is 9.97 Å². The number of nitrogens with two attached hydrogens (primary N) is 1. The number of aryl methyl sites for hydroxylation is 1. The largest absolute Gasteiger partial charge is 0.322 e. The smallest absolute Gasteiger partial charge is 0.144 e. The Kier molecular flexibility index (Phi) is 3.15. The zero-order chi connectivity index (χ0) is 12.4. The Hall–Kier alpha value is -1.81. The molecule has 0 saturated heterocycles. The van der Waals surface area contributed by atoms with E-state index in [0.717, 1.165) is 11.1 Å². The van der Waals surface area contributed by atoms with E-state index in [1.54, 1.807) is 31.5 Å². The Morgan fingerprint density at radius 3 is 2.35 bits per heavy atom. The van der Waals surface area contributed by atoms with Gasteiger partial charge in [-0.25, -0.2) is 14.4 Å². The average molecular weight is 231 g/mol. The van der Waals surface area contributed by atoms with Crippen LogP contribution in [-0.2, 0) is 0 Å². The predicted octanol–water partition coefficient (Wildman–Crippen LogP) is 2.61. The average Bonchev–Trinajstić information content (AvgIpc) is 2.33. The van der Waals surface area contributed by atoms with E-state index in [9.17, 15) is 4.39 Å². The van der Waals surface area contributed by atoms with Crippen LogP contribution in [0.1, 0.15) is 24.4 Å². The fourth-order valence-corrected chi connectivity index (χ4v) is 1.55. The molecule has 17 heavy (non-hydrogen) atoms. The van der Waals surface area contributed by atoms with Crippen molar-refractivity contribution in [3.8, 4) is 11.1 Å². The Labute approximate surface area is 99.5 Å². The topological polar surface area (TPSA) is 51.8 Å². The standard InChI is InChI=1S/C13H14FN3/c1-8-5-10(3-4-12(8)14)11-6-16-13(9(2)15)17-7-11/h3-7,9H,15H2,1-2H3. The van der Waals surface area contributed by atoms with Gasteiger partial charge in [-0.2, -0.15) is 0 Å². The number of benzene rings is 1. The van der Waals surface area contributed by atoms with Crippen LogP contribution in [-0.4, -0.2) is 9.97 Å². The molecule has 2 rings (SSSR count). The quantitative estimate of drug-likeness (QED) is 0.864. The van der Waals surface area contributed by atoms with Crippen molar-refractivity contribution >= 4 is 0 Å². The van der Waals surface area contributed by atoms with Crippen LogP contribution in [0.15, 0.2) is 30.6 Å². The summed E-state index contributed by atoms with van der Waals surface area (Å²) in [5.74, 6) is 0.398. The summed E-state index contributed by atoms with van der Waals surface area (Å²) in [7, 11) is 0. The third kappa shape index (κ3) is 2.47. The van der Waals surface area contributed by atoms with Crippen LogP contribution in [0.3, 0.4) is 0 Å². The Balaban J connectivity index is 2.36. The van der Waals surface area contributed by atoms with Gasteiger partial charge in [-0.1, -0.05) is 6.07 Å². The van der Waals surface area contributed by atoms with Crippen LogP contribution in [0.4, 0.5) is 4.39 Å². The summed E-state index contributed by atoms with van der Waals surface area (Å²) in [6, 6.07) is 4.76. The molecule has 2 aromatic rings. The number of aromatic nitrogens is 2. The first-order valence-corrected chi connectivity index (χ1v) is 5.42. The molecule has 0 fully saturated rings. The van der Waals surface area contributed by atoms with Crippen LogP contribution >= 0.6 is 0 Å². The maximum atomic E-state index is 13.1. The summed E-state index contributed by atoms with van der Waals surface area (Å²) in [5.41, 5.74) is 8.04. The highest BCUT2D eigenvalue weighted by Gasteiger charge is 2.05. The van der Waals surface area contributed by atoms with Crippen LogP contribution < -0.4 is 5.73 Å². The molecular weight excluding hydrogens is 217 g/mol. The number of hydrogen-bond acceptors (Lipinski definition) is 3. The molecule has 1 aromatic heterocycles. The van der Waals surface area contributed by atoms with Crippen LogP contribution in [0.2, 0.25) is 0 Å². The SMILES string of the molecule is Cc1cc(-c2cnc(C(C)N)nc2)ccc1F. The lowest BCUT2D eigenvalue weighted by atomic mass is 10.1.